The first-order valence-corrected chi connectivity index (χ1v) is 9.97. The van der Waals surface area contributed by atoms with Crippen molar-refractivity contribution >= 4 is 21.2 Å². The fraction of sp³-hybridized carbons (Fsp3) is 0.438. The van der Waals surface area contributed by atoms with Crippen molar-refractivity contribution in [3.8, 4) is 0 Å². The number of nitro groups is 1. The Balaban J connectivity index is 1.84. The van der Waals surface area contributed by atoms with Crippen LogP contribution in [0, 0.1) is 17.0 Å². The predicted molar refractivity (Wildman–Crippen MR) is 95.1 cm³/mol. The first-order chi connectivity index (χ1) is 12.2. The minimum Gasteiger partial charge on any atom is -0.373 e. The highest BCUT2D eigenvalue weighted by molar-refractivity contribution is 7.90. The number of benzene rings is 1. The molecule has 2 heterocycles. The molecule has 0 N–H and O–H groups in total. The van der Waals surface area contributed by atoms with Crippen LogP contribution in [0.4, 0.5) is 11.4 Å². The summed E-state index contributed by atoms with van der Waals surface area (Å²) < 4.78 is 30.9. The van der Waals surface area contributed by atoms with E-state index >= 15 is 0 Å². The number of nitro benzene ring substituents is 1. The van der Waals surface area contributed by atoms with Crippen molar-refractivity contribution < 1.29 is 18.1 Å². The number of aryl methyl sites for hydroxylation is 1. The molecule has 9 nitrogen and oxygen atoms in total. The monoisotopic (exact) mass is 380 g/mol. The van der Waals surface area contributed by atoms with Gasteiger partial charge in [-0.3, -0.25) is 14.8 Å². The van der Waals surface area contributed by atoms with E-state index in [4.69, 9.17) is 4.74 Å². The number of hydrogen-bond donors (Lipinski definition) is 0. The fourth-order valence-electron chi connectivity index (χ4n) is 2.97. The molecule has 1 unspecified atom stereocenters. The minimum absolute atomic E-state index is 0.0650. The molecule has 0 amide bonds. The van der Waals surface area contributed by atoms with Gasteiger partial charge in [0.15, 0.2) is 9.84 Å². The van der Waals surface area contributed by atoms with Crippen molar-refractivity contribution in [3.63, 3.8) is 0 Å². The average molecular weight is 380 g/mol. The zero-order valence-electron chi connectivity index (χ0n) is 14.5. The van der Waals surface area contributed by atoms with Crippen LogP contribution in [0.2, 0.25) is 0 Å². The van der Waals surface area contributed by atoms with Crippen molar-refractivity contribution in [3.05, 3.63) is 46.3 Å². The zero-order valence-corrected chi connectivity index (χ0v) is 15.3. The summed E-state index contributed by atoms with van der Waals surface area (Å²) in [4.78, 5) is 12.7. The summed E-state index contributed by atoms with van der Waals surface area (Å²) >= 11 is 0. The average Bonchev–Trinajstić information content (AvgIpc) is 2.98. The lowest BCUT2D eigenvalue weighted by Crippen LogP contribution is -2.44. The van der Waals surface area contributed by atoms with Crippen LogP contribution < -0.4 is 4.90 Å². The molecular weight excluding hydrogens is 360 g/mol. The van der Waals surface area contributed by atoms with Crippen molar-refractivity contribution in [2.45, 2.75) is 24.5 Å². The van der Waals surface area contributed by atoms with E-state index < -0.39 is 14.8 Å². The molecule has 0 aliphatic carbocycles. The number of rotatable bonds is 5. The third-order valence-electron chi connectivity index (χ3n) is 4.20. The van der Waals surface area contributed by atoms with Gasteiger partial charge in [0.1, 0.15) is 5.69 Å². The minimum atomic E-state index is -3.51. The van der Waals surface area contributed by atoms with Gasteiger partial charge in [0, 0.05) is 31.6 Å². The molecular formula is C16H20N4O5S. The Labute approximate surface area is 151 Å². The number of sulfone groups is 1. The Morgan fingerprint density at radius 1 is 1.42 bits per heavy atom. The molecule has 0 saturated carbocycles. The molecule has 0 spiro atoms. The maximum absolute atomic E-state index is 11.7. The van der Waals surface area contributed by atoms with Crippen LogP contribution in [-0.4, -0.2) is 55.2 Å². The van der Waals surface area contributed by atoms with Crippen molar-refractivity contribution in [2.75, 3.05) is 30.9 Å². The second kappa shape index (κ2) is 7.04. The van der Waals surface area contributed by atoms with Gasteiger partial charge in [0.2, 0.25) is 0 Å². The molecule has 26 heavy (non-hydrogen) atoms. The number of ether oxygens (including phenoxy) is 1. The molecule has 1 fully saturated rings. The molecule has 1 aromatic heterocycles. The van der Waals surface area contributed by atoms with Crippen LogP contribution in [0.3, 0.4) is 0 Å². The molecule has 0 bridgehead atoms. The molecule has 3 rings (SSSR count). The van der Waals surface area contributed by atoms with Crippen molar-refractivity contribution in [2.24, 2.45) is 0 Å². The van der Waals surface area contributed by atoms with Gasteiger partial charge in [-0.25, -0.2) is 8.42 Å². The second-order valence-electron chi connectivity index (χ2n) is 6.36. The van der Waals surface area contributed by atoms with Crippen molar-refractivity contribution in [1.82, 2.24) is 9.78 Å². The molecule has 2 aromatic rings. The fourth-order valence-corrected chi connectivity index (χ4v) is 3.61. The van der Waals surface area contributed by atoms with Gasteiger partial charge >= 0.3 is 0 Å². The number of anilines is 1. The molecule has 1 aliphatic heterocycles. The topological polar surface area (TPSA) is 108 Å². The van der Waals surface area contributed by atoms with Crippen LogP contribution in [-0.2, 0) is 21.1 Å². The number of aromatic nitrogens is 2. The summed E-state index contributed by atoms with van der Waals surface area (Å²) in [6, 6.07) is 4.01. The van der Waals surface area contributed by atoms with Crippen LogP contribution >= 0.6 is 0 Å². The quantitative estimate of drug-likeness (QED) is 0.570. The summed E-state index contributed by atoms with van der Waals surface area (Å²) in [6.45, 7) is 3.87. The van der Waals surface area contributed by atoms with E-state index in [1.165, 1.54) is 12.1 Å². The Morgan fingerprint density at radius 2 is 2.19 bits per heavy atom. The van der Waals surface area contributed by atoms with Gasteiger partial charge in [0.05, 0.1) is 35.3 Å². The third-order valence-corrected chi connectivity index (χ3v) is 5.31. The van der Waals surface area contributed by atoms with E-state index in [-0.39, 0.29) is 16.7 Å². The highest BCUT2D eigenvalue weighted by Crippen LogP contribution is 2.32. The van der Waals surface area contributed by atoms with Gasteiger partial charge in [-0.1, -0.05) is 0 Å². The lowest BCUT2D eigenvalue weighted by atomic mass is 10.2. The molecule has 10 heteroatoms. The van der Waals surface area contributed by atoms with Crippen LogP contribution in [0.5, 0.6) is 0 Å². The molecule has 1 saturated heterocycles. The summed E-state index contributed by atoms with van der Waals surface area (Å²) in [6.07, 6.45) is 4.53. The number of hydrogen-bond acceptors (Lipinski definition) is 7. The Bertz CT molecular complexity index is 924. The molecule has 0 radical (unpaired) electrons. The maximum Gasteiger partial charge on any atom is 0.293 e. The van der Waals surface area contributed by atoms with Gasteiger partial charge in [-0.15, -0.1) is 0 Å². The summed E-state index contributed by atoms with van der Waals surface area (Å²) in [5.74, 6) is 0. The highest BCUT2D eigenvalue weighted by Gasteiger charge is 2.27. The maximum atomic E-state index is 11.7. The van der Waals surface area contributed by atoms with Crippen LogP contribution in [0.25, 0.3) is 0 Å². The van der Waals surface area contributed by atoms with Gasteiger partial charge in [-0.05, 0) is 24.6 Å². The summed E-state index contributed by atoms with van der Waals surface area (Å²) in [7, 11) is -3.51. The van der Waals surface area contributed by atoms with E-state index in [0.29, 0.717) is 31.9 Å². The van der Waals surface area contributed by atoms with Gasteiger partial charge < -0.3 is 9.64 Å². The second-order valence-corrected chi connectivity index (χ2v) is 8.37. The van der Waals surface area contributed by atoms with E-state index in [0.717, 1.165) is 17.9 Å². The molecule has 140 valence electrons. The largest absolute Gasteiger partial charge is 0.373 e. The third kappa shape index (κ3) is 4.02. The van der Waals surface area contributed by atoms with Gasteiger partial charge in [-0.2, -0.15) is 5.10 Å². The Morgan fingerprint density at radius 3 is 2.81 bits per heavy atom. The zero-order chi connectivity index (χ0) is 18.9. The van der Waals surface area contributed by atoms with Crippen LogP contribution in [0.15, 0.2) is 35.5 Å². The molecule has 1 aromatic carbocycles. The summed E-state index contributed by atoms with van der Waals surface area (Å²) in [5, 5.41) is 15.7. The molecule has 1 aliphatic rings. The van der Waals surface area contributed by atoms with Crippen LogP contribution in [0.1, 0.15) is 5.56 Å². The van der Waals surface area contributed by atoms with Gasteiger partial charge in [0.25, 0.3) is 5.69 Å². The number of morpholine rings is 1. The first kappa shape index (κ1) is 18.3. The lowest BCUT2D eigenvalue weighted by Gasteiger charge is -2.34. The van der Waals surface area contributed by atoms with E-state index in [1.54, 1.807) is 10.9 Å². The Hall–Kier alpha value is -2.46. The molecule has 1 atom stereocenters. The normalized spacial score (nSPS) is 18.1. The SMILES string of the molecule is Cc1cnn(CC2CN(c3ccc(S(C)(=O)=O)cc3[N+](=O)[O-])CCO2)c1. The van der Waals surface area contributed by atoms with E-state index in [1.807, 2.05) is 18.0 Å². The lowest BCUT2D eigenvalue weighted by molar-refractivity contribution is -0.384. The predicted octanol–water partition coefficient (Wildman–Crippen LogP) is 1.41. The summed E-state index contributed by atoms with van der Waals surface area (Å²) in [5.41, 5.74) is 1.22. The van der Waals surface area contributed by atoms with Crippen molar-refractivity contribution in [1.29, 1.82) is 0 Å². The highest BCUT2D eigenvalue weighted by atomic mass is 32.2. The Kier molecular flexibility index (Phi) is 4.97. The first-order valence-electron chi connectivity index (χ1n) is 8.08. The van der Waals surface area contributed by atoms with E-state index in [2.05, 4.69) is 5.10 Å². The standard InChI is InChI=1S/C16H20N4O5S/c1-12-8-17-19(9-12)11-13-10-18(5-6-25-13)15-4-3-14(26(2,23)24)7-16(15)20(21)22/h3-4,7-9,13H,5-6,10-11H2,1-2H3. The van der Waals surface area contributed by atoms with E-state index in [9.17, 15) is 18.5 Å². The smallest absolute Gasteiger partial charge is 0.293 e. The number of nitrogens with zero attached hydrogens (tertiary/aromatic N) is 4.